The van der Waals surface area contributed by atoms with Gasteiger partial charge in [0.05, 0.1) is 5.92 Å². The fraction of sp³-hybridized carbons (Fsp3) is 0.852. The molecule has 1 amide bonds. The molecule has 3 saturated carbocycles. The molecule has 0 bridgehead atoms. The van der Waals surface area contributed by atoms with Gasteiger partial charge in [-0.05, 0) is 108 Å². The molecule has 0 heterocycles. The van der Waals surface area contributed by atoms with Gasteiger partial charge in [-0.2, -0.15) is 0 Å². The van der Waals surface area contributed by atoms with Gasteiger partial charge in [0, 0.05) is 18.0 Å². The summed E-state index contributed by atoms with van der Waals surface area (Å²) in [5.74, 6) is 1.57. The first kappa shape index (κ1) is 22.9. The van der Waals surface area contributed by atoms with Gasteiger partial charge in [0.2, 0.25) is 5.91 Å². The van der Waals surface area contributed by atoms with Crippen molar-refractivity contribution in [3.63, 3.8) is 0 Å². The van der Waals surface area contributed by atoms with Gasteiger partial charge in [-0.15, -0.1) is 0 Å². The molecular weight excluding hydrogens is 386 g/mol. The predicted octanol–water partition coefficient (Wildman–Crippen LogP) is 5.91. The molecule has 174 valence electrons. The maximum absolute atomic E-state index is 13.7. The summed E-state index contributed by atoms with van der Waals surface area (Å²) in [6.07, 6.45) is 10.7. The minimum atomic E-state index is -0.662. The summed E-state index contributed by atoms with van der Waals surface area (Å²) in [5.41, 5.74) is 1.71. The molecule has 3 fully saturated rings. The van der Waals surface area contributed by atoms with Crippen molar-refractivity contribution in [3.05, 3.63) is 11.6 Å². The lowest BCUT2D eigenvalue weighted by Crippen LogP contribution is -2.53. The Bertz CT molecular complexity index is 762. The number of nitrogens with zero attached hydrogens (tertiary/aromatic N) is 1. The Kier molecular flexibility index (Phi) is 5.84. The third-order valence-corrected chi connectivity index (χ3v) is 10.1. The van der Waals surface area contributed by atoms with Gasteiger partial charge in [0.25, 0.3) is 0 Å². The van der Waals surface area contributed by atoms with E-state index >= 15 is 0 Å². The summed E-state index contributed by atoms with van der Waals surface area (Å²) in [6, 6.07) is 0.495. The first-order valence-electron chi connectivity index (χ1n) is 12.8. The third kappa shape index (κ3) is 3.47. The van der Waals surface area contributed by atoms with Crippen LogP contribution in [0.15, 0.2) is 11.6 Å². The molecule has 4 aliphatic rings. The number of carboxylic acids is 1. The van der Waals surface area contributed by atoms with Gasteiger partial charge < -0.3 is 10.0 Å². The maximum atomic E-state index is 13.7. The van der Waals surface area contributed by atoms with Crippen molar-refractivity contribution in [2.75, 3.05) is 0 Å². The van der Waals surface area contributed by atoms with Crippen molar-refractivity contribution in [1.29, 1.82) is 0 Å². The van der Waals surface area contributed by atoms with E-state index in [-0.39, 0.29) is 34.7 Å². The summed E-state index contributed by atoms with van der Waals surface area (Å²) < 4.78 is 0. The molecule has 4 rings (SSSR count). The third-order valence-electron chi connectivity index (χ3n) is 10.1. The van der Waals surface area contributed by atoms with Crippen LogP contribution in [0, 0.1) is 40.4 Å². The number of hydrogen-bond donors (Lipinski definition) is 1. The number of carbonyl (C=O) groups excluding carboxylic acids is 1. The van der Waals surface area contributed by atoms with Crippen molar-refractivity contribution in [3.8, 4) is 0 Å². The van der Waals surface area contributed by atoms with Crippen molar-refractivity contribution >= 4 is 11.9 Å². The molecule has 4 aliphatic carbocycles. The number of amides is 1. The highest BCUT2D eigenvalue weighted by atomic mass is 16.4. The zero-order chi connectivity index (χ0) is 22.7. The number of hydrogen-bond acceptors (Lipinski definition) is 2. The monoisotopic (exact) mass is 429 g/mol. The average Bonchev–Trinajstić information content (AvgIpc) is 3.03. The smallest absolute Gasteiger partial charge is 0.310 e. The Hall–Kier alpha value is -1.32. The molecule has 0 aromatic rings. The van der Waals surface area contributed by atoms with E-state index in [0.717, 1.165) is 32.1 Å². The van der Waals surface area contributed by atoms with Gasteiger partial charge in [-0.3, -0.25) is 9.59 Å². The van der Waals surface area contributed by atoms with E-state index in [2.05, 4.69) is 52.5 Å². The Morgan fingerprint density at radius 3 is 2.26 bits per heavy atom. The fourth-order valence-electron chi connectivity index (χ4n) is 8.61. The lowest BCUT2D eigenvalue weighted by molar-refractivity contribution is -0.146. The second kappa shape index (κ2) is 7.92. The maximum Gasteiger partial charge on any atom is 0.310 e. The molecule has 4 nitrogen and oxygen atoms in total. The molecule has 0 radical (unpaired) electrons. The van der Waals surface area contributed by atoms with Crippen LogP contribution in [0.5, 0.6) is 0 Å². The van der Waals surface area contributed by atoms with Crippen molar-refractivity contribution in [2.45, 2.75) is 105 Å². The first-order chi connectivity index (χ1) is 14.5. The summed E-state index contributed by atoms with van der Waals surface area (Å²) in [6.45, 7) is 13.4. The Labute approximate surface area is 188 Å². The van der Waals surface area contributed by atoms with Crippen molar-refractivity contribution < 1.29 is 14.7 Å². The molecule has 0 aromatic carbocycles. The van der Waals surface area contributed by atoms with Crippen LogP contribution in [-0.4, -0.2) is 34.0 Å². The summed E-state index contributed by atoms with van der Waals surface area (Å²) >= 11 is 0. The van der Waals surface area contributed by atoms with E-state index in [4.69, 9.17) is 0 Å². The van der Waals surface area contributed by atoms with Crippen LogP contribution >= 0.6 is 0 Å². The molecule has 0 saturated heterocycles. The van der Waals surface area contributed by atoms with Crippen LogP contribution in [0.4, 0.5) is 0 Å². The SMILES string of the molecule is CC(C)N(C(=O)[C@H]1CC[C@H]2[C@@H]3CCC4=C[C@H](C(=O)O)CC[C@]4(C)[C@H]3CC[C@]12C)C(C)C. The highest BCUT2D eigenvalue weighted by Crippen LogP contribution is 2.67. The molecule has 31 heavy (non-hydrogen) atoms. The number of carbonyl (C=O) groups is 2. The Balaban J connectivity index is 1.58. The fourth-order valence-corrected chi connectivity index (χ4v) is 8.61. The molecule has 4 heteroatoms. The van der Waals surface area contributed by atoms with Crippen LogP contribution < -0.4 is 0 Å². The normalized spacial score (nSPS) is 41.9. The van der Waals surface area contributed by atoms with Gasteiger partial charge >= 0.3 is 5.97 Å². The molecule has 0 aromatic heterocycles. The van der Waals surface area contributed by atoms with Crippen molar-refractivity contribution in [2.24, 2.45) is 40.4 Å². The van der Waals surface area contributed by atoms with E-state index < -0.39 is 5.97 Å². The number of aliphatic carboxylic acids is 1. The van der Waals surface area contributed by atoms with E-state index in [1.165, 1.54) is 24.8 Å². The highest BCUT2D eigenvalue weighted by molar-refractivity contribution is 5.80. The van der Waals surface area contributed by atoms with E-state index in [1.807, 2.05) is 0 Å². The number of allylic oxidation sites excluding steroid dienone is 1. The second-order valence-electron chi connectivity index (χ2n) is 12.1. The van der Waals surface area contributed by atoms with E-state index in [0.29, 0.717) is 23.7 Å². The van der Waals surface area contributed by atoms with Crippen LogP contribution in [0.3, 0.4) is 0 Å². The minimum Gasteiger partial charge on any atom is -0.481 e. The average molecular weight is 430 g/mol. The van der Waals surface area contributed by atoms with E-state index in [9.17, 15) is 14.7 Å². The van der Waals surface area contributed by atoms with Crippen LogP contribution in [0.1, 0.15) is 92.9 Å². The zero-order valence-electron chi connectivity index (χ0n) is 20.5. The molecular formula is C27H43NO3. The highest BCUT2D eigenvalue weighted by Gasteiger charge is 2.60. The van der Waals surface area contributed by atoms with Crippen molar-refractivity contribution in [1.82, 2.24) is 4.90 Å². The van der Waals surface area contributed by atoms with Crippen LogP contribution in [0.25, 0.3) is 0 Å². The van der Waals surface area contributed by atoms with Crippen LogP contribution in [0.2, 0.25) is 0 Å². The number of rotatable bonds is 4. The topological polar surface area (TPSA) is 57.6 Å². The number of carboxylic acid groups (broad SMARTS) is 1. The largest absolute Gasteiger partial charge is 0.481 e. The predicted molar refractivity (Wildman–Crippen MR) is 123 cm³/mol. The molecule has 1 N–H and O–H groups in total. The van der Waals surface area contributed by atoms with Gasteiger partial charge in [0.1, 0.15) is 0 Å². The lowest BCUT2D eigenvalue weighted by Gasteiger charge is -2.58. The molecule has 0 unspecified atom stereocenters. The summed E-state index contributed by atoms with van der Waals surface area (Å²) in [5, 5.41) is 9.53. The molecule has 0 spiro atoms. The van der Waals surface area contributed by atoms with Crippen LogP contribution in [-0.2, 0) is 9.59 Å². The lowest BCUT2D eigenvalue weighted by atomic mass is 9.46. The molecule has 0 aliphatic heterocycles. The minimum absolute atomic E-state index is 0.121. The Morgan fingerprint density at radius 1 is 0.968 bits per heavy atom. The van der Waals surface area contributed by atoms with Gasteiger partial charge in [-0.1, -0.05) is 25.5 Å². The second-order valence-corrected chi connectivity index (χ2v) is 12.1. The quantitative estimate of drug-likeness (QED) is 0.565. The van der Waals surface area contributed by atoms with E-state index in [1.54, 1.807) is 0 Å². The van der Waals surface area contributed by atoms with Gasteiger partial charge in [-0.25, -0.2) is 0 Å². The standard InChI is InChI=1S/C27H43NO3/c1-16(2)28(17(3)4)24(29)23-10-9-21-20-8-7-19-15-18(25(30)31)11-13-26(19,5)22(20)12-14-27(21,23)6/h15-18,20-23H,7-14H2,1-6H3,(H,30,31)/t18-,20+,21+,22+,23-,26+,27+/m1/s1. The zero-order valence-corrected chi connectivity index (χ0v) is 20.5. The van der Waals surface area contributed by atoms with Gasteiger partial charge in [0.15, 0.2) is 0 Å². The molecule has 7 atom stereocenters. The number of fused-ring (bicyclic) bond motifs is 5. The first-order valence-corrected chi connectivity index (χ1v) is 12.8. The summed E-state index contributed by atoms with van der Waals surface area (Å²) in [4.78, 5) is 27.4. The Morgan fingerprint density at radius 2 is 1.65 bits per heavy atom. The summed E-state index contributed by atoms with van der Waals surface area (Å²) in [7, 11) is 0.